The van der Waals surface area contributed by atoms with Gasteiger partial charge in [-0.05, 0) is 49.9 Å². The molecule has 1 amide bonds. The zero-order valence-electron chi connectivity index (χ0n) is 15.9. The second-order valence-electron chi connectivity index (χ2n) is 7.41. The number of carbonyl (C=O) groups is 1. The Bertz CT molecular complexity index is 768. The maximum absolute atomic E-state index is 12.8. The van der Waals surface area contributed by atoms with Crippen LogP contribution in [0.4, 0.5) is 13.2 Å². The predicted octanol–water partition coefficient (Wildman–Crippen LogP) is 3.46. The van der Waals surface area contributed by atoms with Gasteiger partial charge in [-0.15, -0.1) is 0 Å². The highest BCUT2D eigenvalue weighted by atomic mass is 19.4. The van der Waals surface area contributed by atoms with Crippen molar-refractivity contribution in [2.24, 2.45) is 5.92 Å². The first-order valence-corrected chi connectivity index (χ1v) is 9.45. The van der Waals surface area contributed by atoms with E-state index in [1.807, 2.05) is 0 Å². The summed E-state index contributed by atoms with van der Waals surface area (Å²) in [6, 6.07) is 5.56. The third kappa shape index (κ3) is 5.34. The fraction of sp³-hybridized carbons (Fsp3) is 0.500. The van der Waals surface area contributed by atoms with Gasteiger partial charge in [-0.2, -0.15) is 18.3 Å². The number of rotatable bonds is 6. The molecule has 152 valence electrons. The Morgan fingerprint density at radius 2 is 2.07 bits per heavy atom. The van der Waals surface area contributed by atoms with E-state index in [0.29, 0.717) is 30.0 Å². The smallest absolute Gasteiger partial charge is 0.341 e. The summed E-state index contributed by atoms with van der Waals surface area (Å²) in [6.45, 7) is 3.25. The van der Waals surface area contributed by atoms with Gasteiger partial charge in [-0.3, -0.25) is 9.89 Å². The van der Waals surface area contributed by atoms with Gasteiger partial charge in [0.15, 0.2) is 0 Å². The second-order valence-corrected chi connectivity index (χ2v) is 7.41. The lowest BCUT2D eigenvalue weighted by Gasteiger charge is -2.33. The SMILES string of the molecule is CN(CC1CCN(CCc2cccc(C(F)(F)F)c2)CC1)C(=O)c1cn[nH]c1. The molecule has 2 aromatic rings. The fourth-order valence-corrected chi connectivity index (χ4v) is 3.64. The van der Waals surface area contributed by atoms with Crippen LogP contribution in [0.25, 0.3) is 0 Å². The number of amides is 1. The quantitative estimate of drug-likeness (QED) is 0.817. The van der Waals surface area contributed by atoms with Gasteiger partial charge in [0.2, 0.25) is 0 Å². The summed E-state index contributed by atoms with van der Waals surface area (Å²) in [5.41, 5.74) is 0.678. The van der Waals surface area contributed by atoms with Crippen molar-refractivity contribution in [1.29, 1.82) is 0 Å². The third-order valence-electron chi connectivity index (χ3n) is 5.30. The molecule has 0 saturated carbocycles. The molecular formula is C20H25F3N4O. The van der Waals surface area contributed by atoms with Crippen molar-refractivity contribution in [2.45, 2.75) is 25.4 Å². The second kappa shape index (κ2) is 8.77. The molecule has 2 heterocycles. The topological polar surface area (TPSA) is 52.2 Å². The van der Waals surface area contributed by atoms with E-state index in [0.717, 1.165) is 38.5 Å². The van der Waals surface area contributed by atoms with Gasteiger partial charge >= 0.3 is 6.18 Å². The summed E-state index contributed by atoms with van der Waals surface area (Å²) in [4.78, 5) is 16.3. The summed E-state index contributed by atoms with van der Waals surface area (Å²) < 4.78 is 38.4. The summed E-state index contributed by atoms with van der Waals surface area (Å²) in [5, 5.41) is 6.45. The number of benzene rings is 1. The van der Waals surface area contributed by atoms with Gasteiger partial charge in [-0.25, -0.2) is 0 Å². The van der Waals surface area contributed by atoms with Gasteiger partial charge in [0.05, 0.1) is 17.3 Å². The van der Waals surface area contributed by atoms with Crippen LogP contribution in [-0.2, 0) is 12.6 Å². The van der Waals surface area contributed by atoms with Crippen molar-refractivity contribution in [3.05, 3.63) is 53.3 Å². The number of nitrogens with one attached hydrogen (secondary N) is 1. The number of likely N-dealkylation sites (tertiary alicyclic amines) is 1. The lowest BCUT2D eigenvalue weighted by molar-refractivity contribution is -0.137. The maximum atomic E-state index is 12.8. The van der Waals surface area contributed by atoms with E-state index >= 15 is 0 Å². The Morgan fingerprint density at radius 3 is 2.71 bits per heavy atom. The molecule has 28 heavy (non-hydrogen) atoms. The average molecular weight is 394 g/mol. The highest BCUT2D eigenvalue weighted by Gasteiger charge is 2.30. The van der Waals surface area contributed by atoms with Crippen molar-refractivity contribution >= 4 is 5.91 Å². The Labute approximate surface area is 162 Å². The van der Waals surface area contributed by atoms with Gasteiger partial charge in [-0.1, -0.05) is 18.2 Å². The molecule has 1 aromatic carbocycles. The molecular weight excluding hydrogens is 369 g/mol. The van der Waals surface area contributed by atoms with Crippen LogP contribution in [0.2, 0.25) is 0 Å². The molecule has 1 aliphatic heterocycles. The first-order valence-electron chi connectivity index (χ1n) is 9.45. The number of hydrogen-bond donors (Lipinski definition) is 1. The number of aromatic nitrogens is 2. The minimum Gasteiger partial charge on any atom is -0.341 e. The number of H-pyrrole nitrogens is 1. The largest absolute Gasteiger partial charge is 0.416 e. The molecule has 1 aromatic heterocycles. The van der Waals surface area contributed by atoms with Crippen molar-refractivity contribution in [1.82, 2.24) is 20.0 Å². The number of carbonyl (C=O) groups excluding carboxylic acids is 1. The molecule has 0 spiro atoms. The van der Waals surface area contributed by atoms with Gasteiger partial charge in [0, 0.05) is 26.3 Å². The molecule has 1 fully saturated rings. The lowest BCUT2D eigenvalue weighted by Crippen LogP contribution is -2.40. The zero-order chi connectivity index (χ0) is 20.1. The first kappa shape index (κ1) is 20.4. The molecule has 1 saturated heterocycles. The molecule has 0 unspecified atom stereocenters. The van der Waals surface area contributed by atoms with Crippen molar-refractivity contribution in [2.75, 3.05) is 33.2 Å². The van der Waals surface area contributed by atoms with Crippen LogP contribution >= 0.6 is 0 Å². The molecule has 0 aliphatic carbocycles. The lowest BCUT2D eigenvalue weighted by atomic mass is 9.95. The third-order valence-corrected chi connectivity index (χ3v) is 5.30. The molecule has 1 aliphatic rings. The van der Waals surface area contributed by atoms with Gasteiger partial charge in [0.25, 0.3) is 5.91 Å². The molecule has 1 N–H and O–H groups in total. The van der Waals surface area contributed by atoms with E-state index in [-0.39, 0.29) is 5.91 Å². The van der Waals surface area contributed by atoms with E-state index in [9.17, 15) is 18.0 Å². The van der Waals surface area contributed by atoms with Crippen molar-refractivity contribution in [3.8, 4) is 0 Å². The normalized spacial score (nSPS) is 16.3. The minimum atomic E-state index is -4.30. The van der Waals surface area contributed by atoms with Crippen LogP contribution in [0.1, 0.15) is 34.3 Å². The number of aromatic amines is 1. The number of halogens is 3. The Kier molecular flexibility index (Phi) is 6.39. The van der Waals surface area contributed by atoms with Crippen LogP contribution in [0, 0.1) is 5.92 Å². The standard InChI is InChI=1S/C20H25F3N4O/c1-26(19(28)17-12-24-25-13-17)14-16-6-9-27(10-7-16)8-5-15-3-2-4-18(11-15)20(21,22)23/h2-4,11-13,16H,5-10,14H2,1H3,(H,24,25). The van der Waals surface area contributed by atoms with E-state index in [2.05, 4.69) is 15.1 Å². The number of alkyl halides is 3. The van der Waals surface area contributed by atoms with Crippen LogP contribution < -0.4 is 0 Å². The predicted molar refractivity (Wildman–Crippen MR) is 99.9 cm³/mol. The Morgan fingerprint density at radius 1 is 1.32 bits per heavy atom. The van der Waals surface area contributed by atoms with E-state index in [1.165, 1.54) is 18.3 Å². The minimum absolute atomic E-state index is 0.0410. The van der Waals surface area contributed by atoms with Crippen LogP contribution in [0.5, 0.6) is 0 Å². The molecule has 0 bridgehead atoms. The average Bonchev–Trinajstić information content (AvgIpc) is 3.21. The number of hydrogen-bond acceptors (Lipinski definition) is 3. The number of piperidine rings is 1. The Hall–Kier alpha value is -2.35. The van der Waals surface area contributed by atoms with Crippen molar-refractivity contribution in [3.63, 3.8) is 0 Å². The zero-order valence-corrected chi connectivity index (χ0v) is 15.9. The van der Waals surface area contributed by atoms with E-state index < -0.39 is 11.7 Å². The summed E-state index contributed by atoms with van der Waals surface area (Å²) >= 11 is 0. The first-order chi connectivity index (χ1) is 13.3. The van der Waals surface area contributed by atoms with Crippen LogP contribution in [-0.4, -0.2) is 59.1 Å². The molecule has 5 nitrogen and oxygen atoms in total. The van der Waals surface area contributed by atoms with Gasteiger partial charge in [0.1, 0.15) is 0 Å². The van der Waals surface area contributed by atoms with Gasteiger partial charge < -0.3 is 9.80 Å². The van der Waals surface area contributed by atoms with Crippen molar-refractivity contribution < 1.29 is 18.0 Å². The molecule has 0 atom stereocenters. The molecule has 0 radical (unpaired) electrons. The summed E-state index contributed by atoms with van der Waals surface area (Å²) in [6.07, 6.45) is 1.38. The molecule has 8 heteroatoms. The van der Waals surface area contributed by atoms with E-state index in [4.69, 9.17) is 0 Å². The van der Waals surface area contributed by atoms with Crippen LogP contribution in [0.15, 0.2) is 36.7 Å². The highest BCUT2D eigenvalue weighted by molar-refractivity contribution is 5.93. The monoisotopic (exact) mass is 394 g/mol. The van der Waals surface area contributed by atoms with Crippen LogP contribution in [0.3, 0.4) is 0 Å². The molecule has 3 rings (SSSR count). The number of nitrogens with zero attached hydrogens (tertiary/aromatic N) is 3. The highest BCUT2D eigenvalue weighted by Crippen LogP contribution is 2.29. The summed E-state index contributed by atoms with van der Waals surface area (Å²) in [5.74, 6) is 0.395. The Balaban J connectivity index is 1.43. The summed E-state index contributed by atoms with van der Waals surface area (Å²) in [7, 11) is 1.80. The fourth-order valence-electron chi connectivity index (χ4n) is 3.64. The van der Waals surface area contributed by atoms with E-state index in [1.54, 1.807) is 24.2 Å². The maximum Gasteiger partial charge on any atom is 0.416 e.